The molecule has 148 valence electrons. The molecule has 0 saturated heterocycles. The number of amides is 1. The summed E-state index contributed by atoms with van der Waals surface area (Å²) in [6, 6.07) is 12.5. The number of rotatable bonds is 7. The van der Waals surface area contributed by atoms with Gasteiger partial charge in [0.1, 0.15) is 0 Å². The monoisotopic (exact) mass is 419 g/mol. The van der Waals surface area contributed by atoms with E-state index in [2.05, 4.69) is 16.2 Å². The Balaban J connectivity index is 1.85. The molecule has 0 bridgehead atoms. The smallest absolute Gasteiger partial charge is 0.262 e. The topological polar surface area (TPSA) is 71.6 Å². The summed E-state index contributed by atoms with van der Waals surface area (Å²) in [7, 11) is 1.58. The molecule has 2 aromatic rings. The van der Waals surface area contributed by atoms with Crippen LogP contribution in [0.2, 0.25) is 5.02 Å². The van der Waals surface area contributed by atoms with Gasteiger partial charge in [0, 0.05) is 16.8 Å². The van der Waals surface area contributed by atoms with E-state index in [1.807, 2.05) is 19.1 Å². The molecular formula is C20H22ClN3O3S. The van der Waals surface area contributed by atoms with Crippen LogP contribution in [0.3, 0.4) is 0 Å². The molecule has 2 aromatic carbocycles. The normalized spacial score (nSPS) is 10.4. The summed E-state index contributed by atoms with van der Waals surface area (Å²) in [6.45, 7) is 2.65. The molecule has 28 heavy (non-hydrogen) atoms. The van der Waals surface area contributed by atoms with Gasteiger partial charge in [-0.25, -0.2) is 0 Å². The van der Waals surface area contributed by atoms with Crippen LogP contribution in [-0.4, -0.2) is 24.7 Å². The van der Waals surface area contributed by atoms with Gasteiger partial charge in [-0.05, 0) is 66.7 Å². The molecule has 0 aliphatic heterocycles. The van der Waals surface area contributed by atoms with E-state index in [0.29, 0.717) is 23.1 Å². The van der Waals surface area contributed by atoms with Crippen LogP contribution < -0.4 is 25.6 Å². The second-order valence-corrected chi connectivity index (χ2v) is 6.51. The van der Waals surface area contributed by atoms with Crippen molar-refractivity contribution in [3.05, 3.63) is 59.1 Å². The first kappa shape index (κ1) is 21.5. The van der Waals surface area contributed by atoms with E-state index in [4.69, 9.17) is 33.3 Å². The molecule has 3 N–H and O–H groups in total. The number of carbonyl (C=O) groups excluding carboxylic acids is 1. The van der Waals surface area contributed by atoms with Crippen LogP contribution in [0.5, 0.6) is 11.5 Å². The Morgan fingerprint density at radius 2 is 1.89 bits per heavy atom. The SMILES string of the molecule is CCCOc1ccc(/C=C/C(=O)NNC(=S)Nc2ccc(Cl)cc2)cc1OC. The maximum Gasteiger partial charge on any atom is 0.262 e. The maximum atomic E-state index is 12.0. The fraction of sp³-hybridized carbons (Fsp3) is 0.200. The molecule has 2 rings (SSSR count). The van der Waals surface area contributed by atoms with Gasteiger partial charge in [0.05, 0.1) is 13.7 Å². The Morgan fingerprint density at radius 3 is 2.57 bits per heavy atom. The first-order chi connectivity index (χ1) is 13.5. The predicted molar refractivity (Wildman–Crippen MR) is 117 cm³/mol. The third-order valence-electron chi connectivity index (χ3n) is 3.48. The molecule has 0 heterocycles. The van der Waals surface area contributed by atoms with E-state index in [9.17, 15) is 4.79 Å². The van der Waals surface area contributed by atoms with E-state index >= 15 is 0 Å². The van der Waals surface area contributed by atoms with Gasteiger partial charge in [-0.1, -0.05) is 24.6 Å². The number of carbonyl (C=O) groups is 1. The summed E-state index contributed by atoms with van der Waals surface area (Å²) < 4.78 is 10.9. The van der Waals surface area contributed by atoms with Gasteiger partial charge in [0.25, 0.3) is 5.91 Å². The Kier molecular flexibility index (Phi) is 8.58. The van der Waals surface area contributed by atoms with Gasteiger partial charge in [-0.3, -0.25) is 15.6 Å². The van der Waals surface area contributed by atoms with E-state index in [1.165, 1.54) is 6.08 Å². The van der Waals surface area contributed by atoms with Gasteiger partial charge < -0.3 is 14.8 Å². The lowest BCUT2D eigenvalue weighted by Gasteiger charge is -2.11. The number of ether oxygens (including phenoxy) is 2. The first-order valence-electron chi connectivity index (χ1n) is 8.63. The highest BCUT2D eigenvalue weighted by Crippen LogP contribution is 2.28. The van der Waals surface area contributed by atoms with E-state index in [1.54, 1.807) is 43.5 Å². The number of hydrogen-bond acceptors (Lipinski definition) is 4. The van der Waals surface area contributed by atoms with Crippen molar-refractivity contribution in [2.24, 2.45) is 0 Å². The van der Waals surface area contributed by atoms with Crippen molar-refractivity contribution in [3.63, 3.8) is 0 Å². The number of hydrazine groups is 1. The lowest BCUT2D eigenvalue weighted by molar-refractivity contribution is -0.116. The summed E-state index contributed by atoms with van der Waals surface area (Å²) in [6.07, 6.45) is 3.96. The lowest BCUT2D eigenvalue weighted by atomic mass is 10.2. The Hall–Kier alpha value is -2.77. The van der Waals surface area contributed by atoms with Gasteiger partial charge in [0.2, 0.25) is 0 Å². The van der Waals surface area contributed by atoms with E-state index < -0.39 is 0 Å². The number of hydrogen-bond donors (Lipinski definition) is 3. The molecule has 0 unspecified atom stereocenters. The fourth-order valence-electron chi connectivity index (χ4n) is 2.15. The summed E-state index contributed by atoms with van der Waals surface area (Å²) in [5, 5.41) is 3.81. The van der Waals surface area contributed by atoms with Crippen LogP contribution in [-0.2, 0) is 4.79 Å². The summed E-state index contributed by atoms with van der Waals surface area (Å²) in [4.78, 5) is 12.0. The highest BCUT2D eigenvalue weighted by Gasteiger charge is 2.05. The minimum absolute atomic E-state index is 0.253. The molecular weight excluding hydrogens is 398 g/mol. The third-order valence-corrected chi connectivity index (χ3v) is 3.93. The van der Waals surface area contributed by atoms with Crippen molar-refractivity contribution < 1.29 is 14.3 Å². The molecule has 0 saturated carbocycles. The van der Waals surface area contributed by atoms with Crippen molar-refractivity contribution in [1.82, 2.24) is 10.9 Å². The molecule has 0 aromatic heterocycles. The average molecular weight is 420 g/mol. The zero-order valence-corrected chi connectivity index (χ0v) is 17.2. The number of methoxy groups -OCH3 is 1. The van der Waals surface area contributed by atoms with E-state index in [-0.39, 0.29) is 11.0 Å². The fourth-order valence-corrected chi connectivity index (χ4v) is 2.44. The van der Waals surface area contributed by atoms with Crippen LogP contribution in [0.1, 0.15) is 18.9 Å². The first-order valence-corrected chi connectivity index (χ1v) is 9.42. The molecule has 0 fully saturated rings. The van der Waals surface area contributed by atoms with Crippen molar-refractivity contribution in [3.8, 4) is 11.5 Å². The highest BCUT2D eigenvalue weighted by atomic mass is 35.5. The second kappa shape index (κ2) is 11.2. The van der Waals surface area contributed by atoms with Crippen LogP contribution in [0.15, 0.2) is 48.5 Å². The minimum Gasteiger partial charge on any atom is -0.493 e. The Bertz CT molecular complexity index is 841. The predicted octanol–water partition coefficient (Wildman–Crippen LogP) is 4.17. The molecule has 6 nitrogen and oxygen atoms in total. The van der Waals surface area contributed by atoms with Gasteiger partial charge in [-0.15, -0.1) is 0 Å². The van der Waals surface area contributed by atoms with Crippen LogP contribution in [0.25, 0.3) is 6.08 Å². The standard InChI is InChI=1S/C20H22ClN3O3S/c1-3-12-27-17-10-4-14(13-18(17)26-2)5-11-19(25)23-24-20(28)22-16-8-6-15(21)7-9-16/h4-11,13H,3,12H2,1-2H3,(H,23,25)(H2,22,24,28)/b11-5+. The summed E-state index contributed by atoms with van der Waals surface area (Å²) in [5.41, 5.74) is 6.68. The number of thiocarbonyl (C=S) groups is 1. The zero-order valence-electron chi connectivity index (χ0n) is 15.6. The van der Waals surface area contributed by atoms with Crippen LogP contribution in [0.4, 0.5) is 5.69 Å². The van der Waals surface area contributed by atoms with Gasteiger partial charge in [0.15, 0.2) is 16.6 Å². The van der Waals surface area contributed by atoms with Gasteiger partial charge >= 0.3 is 0 Å². The second-order valence-electron chi connectivity index (χ2n) is 5.67. The van der Waals surface area contributed by atoms with Crippen molar-refractivity contribution in [1.29, 1.82) is 0 Å². The highest BCUT2D eigenvalue weighted by molar-refractivity contribution is 7.80. The molecule has 8 heteroatoms. The molecule has 0 radical (unpaired) electrons. The number of benzene rings is 2. The summed E-state index contributed by atoms with van der Waals surface area (Å²) in [5.74, 6) is 0.930. The Labute approximate surface area is 174 Å². The number of nitrogens with one attached hydrogen (secondary N) is 3. The molecule has 1 amide bonds. The number of halogens is 1. The third kappa shape index (κ3) is 7.09. The zero-order chi connectivity index (χ0) is 20.4. The lowest BCUT2D eigenvalue weighted by Crippen LogP contribution is -2.43. The largest absolute Gasteiger partial charge is 0.493 e. The van der Waals surface area contributed by atoms with E-state index in [0.717, 1.165) is 17.7 Å². The minimum atomic E-state index is -0.356. The molecule has 0 aliphatic carbocycles. The molecule has 0 spiro atoms. The van der Waals surface area contributed by atoms with Crippen LogP contribution >= 0.6 is 23.8 Å². The van der Waals surface area contributed by atoms with Crippen LogP contribution in [0, 0.1) is 0 Å². The quantitative estimate of drug-likeness (QED) is 0.355. The van der Waals surface area contributed by atoms with Crippen molar-refractivity contribution >= 4 is 46.6 Å². The van der Waals surface area contributed by atoms with Gasteiger partial charge in [-0.2, -0.15) is 0 Å². The number of anilines is 1. The molecule has 0 aliphatic rings. The molecule has 0 atom stereocenters. The summed E-state index contributed by atoms with van der Waals surface area (Å²) >= 11 is 11.0. The average Bonchev–Trinajstić information content (AvgIpc) is 2.71. The van der Waals surface area contributed by atoms with Crippen molar-refractivity contribution in [2.75, 3.05) is 19.0 Å². The maximum absolute atomic E-state index is 12.0. The van der Waals surface area contributed by atoms with Crippen molar-refractivity contribution in [2.45, 2.75) is 13.3 Å². The Morgan fingerprint density at radius 1 is 1.14 bits per heavy atom.